The summed E-state index contributed by atoms with van der Waals surface area (Å²) in [6.07, 6.45) is 12.1. The molecule has 0 spiro atoms. The summed E-state index contributed by atoms with van der Waals surface area (Å²) >= 11 is 0. The first-order valence-corrected chi connectivity index (χ1v) is 24.5. The molecular formula is C52H81NO13. The van der Waals surface area contributed by atoms with Crippen molar-refractivity contribution in [2.75, 3.05) is 27.9 Å². The Morgan fingerprint density at radius 3 is 2.26 bits per heavy atom. The molecule has 2 bridgehead atoms. The van der Waals surface area contributed by atoms with Crippen molar-refractivity contribution in [3.63, 3.8) is 0 Å². The van der Waals surface area contributed by atoms with Gasteiger partial charge < -0.3 is 43.9 Å². The van der Waals surface area contributed by atoms with Crippen molar-refractivity contribution in [3.8, 4) is 0 Å². The fraction of sp³-hybridized carbons (Fsp3) is 0.750. The number of esters is 1. The van der Waals surface area contributed by atoms with E-state index in [-0.39, 0.29) is 54.8 Å². The van der Waals surface area contributed by atoms with Crippen LogP contribution in [-0.2, 0) is 47.7 Å². The summed E-state index contributed by atoms with van der Waals surface area (Å²) in [6, 6.07) is -1.14. The lowest BCUT2D eigenvalue weighted by atomic mass is 9.78. The number of hydrogen-bond donors (Lipinski definition) is 3. The number of methoxy groups -OCH3 is 3. The number of fused-ring (bicyclic) bond motifs is 3. The second-order valence-electron chi connectivity index (χ2n) is 19.8. The summed E-state index contributed by atoms with van der Waals surface area (Å²) in [5.74, 6) is -7.89. The minimum Gasteiger partial charge on any atom is -0.460 e. The SMILES string of the molecule is CC[C@@H]1/C=C/C=C/C=C(\C)[C@H](OC)C[C@@H]2CC[C@@H](C)[C@@](O)(O2)C(=O)C(=O)N2CCCC[C@H]2C(=O)O[C@H]([C@H](C)C[C@@H]2CC[C@@H](O)[C@H](OC)C2)CC(=O)[C@H](C)/C=C(\C)[C@@H](O)[C@@H](OC)C(=O)[C@@H](C)C1. The molecule has 3 heterocycles. The number of Topliss-reactive ketones (excluding diaryl/α,β-unsaturated/α-hetero) is 3. The third-order valence-corrected chi connectivity index (χ3v) is 14.9. The van der Waals surface area contributed by atoms with Crippen molar-refractivity contribution in [2.24, 2.45) is 35.5 Å². The van der Waals surface area contributed by atoms with Gasteiger partial charge in [0.1, 0.15) is 30.1 Å². The third kappa shape index (κ3) is 14.3. The fourth-order valence-corrected chi connectivity index (χ4v) is 10.3. The molecule has 1 aliphatic carbocycles. The maximum atomic E-state index is 14.4. The number of aliphatic hydroxyl groups excluding tert-OH is 2. The Balaban J connectivity index is 1.71. The predicted octanol–water partition coefficient (Wildman–Crippen LogP) is 6.57. The topological polar surface area (TPSA) is 195 Å². The number of hydrogen-bond acceptors (Lipinski definition) is 13. The molecule has 0 aromatic carbocycles. The van der Waals surface area contributed by atoms with Gasteiger partial charge in [-0.25, -0.2) is 4.79 Å². The highest BCUT2D eigenvalue weighted by atomic mass is 16.6. The Bertz CT molecular complexity index is 1770. The number of rotatable bonds is 7. The summed E-state index contributed by atoms with van der Waals surface area (Å²) in [4.78, 5) is 72.0. The number of carbonyl (C=O) groups excluding carboxylic acids is 5. The number of carbonyl (C=O) groups is 5. The average molecular weight is 928 g/mol. The van der Waals surface area contributed by atoms with Crippen molar-refractivity contribution in [1.29, 1.82) is 0 Å². The number of cyclic esters (lactones) is 1. The molecule has 66 heavy (non-hydrogen) atoms. The lowest BCUT2D eigenvalue weighted by Crippen LogP contribution is -2.61. The minimum absolute atomic E-state index is 0.0702. The molecule has 0 radical (unpaired) electrons. The maximum Gasteiger partial charge on any atom is 0.329 e. The molecule has 1 saturated carbocycles. The number of allylic oxidation sites excluding steroid dienone is 6. The Morgan fingerprint density at radius 1 is 0.864 bits per heavy atom. The molecule has 2 saturated heterocycles. The highest BCUT2D eigenvalue weighted by Gasteiger charge is 2.53. The van der Waals surface area contributed by atoms with Crippen LogP contribution in [0.5, 0.6) is 0 Å². The molecule has 14 nitrogen and oxygen atoms in total. The molecule has 372 valence electrons. The van der Waals surface area contributed by atoms with E-state index in [1.54, 1.807) is 41.1 Å². The summed E-state index contributed by atoms with van der Waals surface area (Å²) in [6.45, 7) is 12.8. The maximum absolute atomic E-state index is 14.4. The lowest BCUT2D eigenvalue weighted by molar-refractivity contribution is -0.265. The van der Waals surface area contributed by atoms with E-state index in [0.717, 1.165) is 18.4 Å². The van der Waals surface area contributed by atoms with E-state index >= 15 is 0 Å². The first-order chi connectivity index (χ1) is 31.3. The largest absolute Gasteiger partial charge is 0.460 e. The van der Waals surface area contributed by atoms with Crippen LogP contribution in [0.1, 0.15) is 132 Å². The van der Waals surface area contributed by atoms with Gasteiger partial charge in [-0.2, -0.15) is 0 Å². The molecule has 1 amide bonds. The standard InChI is InChI=1S/C52H81NO13/c1-11-37-18-14-12-13-17-31(2)43(62-8)29-39-22-20-36(7)52(61,66-39)49(58)50(59)53-24-16-15-19-40(53)51(60)65-44(33(4)26-38-21-23-41(54)45(28-38)63-9)30-42(55)32(3)25-34(5)46(56)48(64-10)47(57)35(6)27-37/h12-14,17-18,25,32-33,35-41,43-46,48,54,56,61H,11,15-16,19-24,26-30H2,1-10H3/b13-12+,18-14+,31-17+,34-25+/t32-,33-,35+,36-,37-,38+,39+,40+,41-,43-,44+,45-,46-,48-,52-/m1/s1. The number of piperidine rings is 1. The molecule has 15 atom stereocenters. The summed E-state index contributed by atoms with van der Waals surface area (Å²) in [5.41, 5.74) is 1.27. The Labute approximate surface area is 393 Å². The summed E-state index contributed by atoms with van der Waals surface area (Å²) < 4.78 is 29.4. The quantitative estimate of drug-likeness (QED) is 0.141. The molecule has 0 aromatic heterocycles. The van der Waals surface area contributed by atoms with Gasteiger partial charge in [0.25, 0.3) is 11.7 Å². The van der Waals surface area contributed by atoms with Gasteiger partial charge in [0.05, 0.1) is 24.4 Å². The molecular weight excluding hydrogens is 847 g/mol. The molecule has 3 aliphatic heterocycles. The Morgan fingerprint density at radius 2 is 1.59 bits per heavy atom. The molecule has 4 rings (SSSR count). The van der Waals surface area contributed by atoms with Crippen molar-refractivity contribution in [2.45, 2.75) is 186 Å². The van der Waals surface area contributed by atoms with Gasteiger partial charge in [-0.3, -0.25) is 19.2 Å². The third-order valence-electron chi connectivity index (χ3n) is 14.9. The van der Waals surface area contributed by atoms with E-state index in [4.69, 9.17) is 23.7 Å². The van der Waals surface area contributed by atoms with E-state index < -0.39 is 83.9 Å². The molecule has 0 aromatic rings. The predicted molar refractivity (Wildman–Crippen MR) is 250 cm³/mol. The second kappa shape index (κ2) is 25.8. The molecule has 4 aliphatic rings. The average Bonchev–Trinajstić information content (AvgIpc) is 3.30. The first kappa shape index (κ1) is 55.2. The van der Waals surface area contributed by atoms with E-state index in [2.05, 4.69) is 13.0 Å². The van der Waals surface area contributed by atoms with Crippen LogP contribution in [0, 0.1) is 35.5 Å². The van der Waals surface area contributed by atoms with Gasteiger partial charge in [0.15, 0.2) is 5.78 Å². The van der Waals surface area contributed by atoms with Crippen molar-refractivity contribution < 1.29 is 63.0 Å². The van der Waals surface area contributed by atoms with Crippen LogP contribution in [0.2, 0.25) is 0 Å². The first-order valence-electron chi connectivity index (χ1n) is 24.5. The van der Waals surface area contributed by atoms with Crippen molar-refractivity contribution >= 4 is 29.2 Å². The van der Waals surface area contributed by atoms with Crippen LogP contribution in [0.3, 0.4) is 0 Å². The van der Waals surface area contributed by atoms with E-state index in [9.17, 15) is 39.3 Å². The normalized spacial score (nSPS) is 40.0. The van der Waals surface area contributed by atoms with Crippen molar-refractivity contribution in [1.82, 2.24) is 4.90 Å². The van der Waals surface area contributed by atoms with Gasteiger partial charge in [-0.1, -0.05) is 71.1 Å². The van der Waals surface area contributed by atoms with Crippen molar-refractivity contribution in [3.05, 3.63) is 47.6 Å². The monoisotopic (exact) mass is 928 g/mol. The van der Waals surface area contributed by atoms with Crippen LogP contribution in [0.15, 0.2) is 47.6 Å². The van der Waals surface area contributed by atoms with Crippen LogP contribution in [-0.4, -0.2) is 132 Å². The zero-order chi connectivity index (χ0) is 48.9. The lowest BCUT2D eigenvalue weighted by Gasteiger charge is -2.42. The molecule has 3 N–H and O–H groups in total. The van der Waals surface area contributed by atoms with Gasteiger partial charge in [0, 0.05) is 58.5 Å². The number of amides is 1. The fourth-order valence-electron chi connectivity index (χ4n) is 10.3. The summed E-state index contributed by atoms with van der Waals surface area (Å²) in [7, 11) is 4.53. The van der Waals surface area contributed by atoms with E-state index in [1.165, 1.54) is 12.0 Å². The highest BCUT2D eigenvalue weighted by Crippen LogP contribution is 2.38. The molecule has 14 heteroatoms. The number of aliphatic hydroxyl groups is 3. The molecule has 3 fully saturated rings. The van der Waals surface area contributed by atoms with Crippen LogP contribution < -0.4 is 0 Å². The zero-order valence-electron chi connectivity index (χ0n) is 41.3. The summed E-state index contributed by atoms with van der Waals surface area (Å²) in [5, 5.41) is 33.9. The van der Waals surface area contributed by atoms with Gasteiger partial charge >= 0.3 is 5.97 Å². The number of ketones is 3. The van der Waals surface area contributed by atoms with Crippen LogP contribution in [0.25, 0.3) is 0 Å². The number of nitrogens with zero attached hydrogens (tertiary/aromatic N) is 1. The van der Waals surface area contributed by atoms with Crippen LogP contribution in [0.4, 0.5) is 0 Å². The number of ether oxygens (including phenoxy) is 5. The smallest absolute Gasteiger partial charge is 0.329 e. The molecule has 0 unspecified atom stereocenters. The Hall–Kier alpha value is -3.37. The zero-order valence-corrected chi connectivity index (χ0v) is 41.3. The van der Waals surface area contributed by atoms with Gasteiger partial charge in [-0.15, -0.1) is 0 Å². The Kier molecular flexibility index (Phi) is 21.6. The highest BCUT2D eigenvalue weighted by molar-refractivity contribution is 6.39. The second-order valence-corrected chi connectivity index (χ2v) is 19.8. The van der Waals surface area contributed by atoms with Crippen LogP contribution >= 0.6 is 0 Å². The minimum atomic E-state index is -2.43. The van der Waals surface area contributed by atoms with Gasteiger partial charge in [0.2, 0.25) is 5.79 Å². The van der Waals surface area contributed by atoms with Gasteiger partial charge in [-0.05, 0) is 113 Å². The van der Waals surface area contributed by atoms with E-state index in [0.29, 0.717) is 63.4 Å². The van der Waals surface area contributed by atoms with E-state index in [1.807, 2.05) is 45.1 Å².